The number of nitrogens with one attached hydrogen (secondary N) is 2. The lowest BCUT2D eigenvalue weighted by Gasteiger charge is -2.12. The fourth-order valence-corrected chi connectivity index (χ4v) is 6.41. The van der Waals surface area contributed by atoms with Crippen LogP contribution in [0.5, 0.6) is 0 Å². The molecule has 0 saturated carbocycles. The van der Waals surface area contributed by atoms with Gasteiger partial charge in [-0.1, -0.05) is 41.8 Å². The first-order chi connectivity index (χ1) is 14.6. The molecule has 2 heterocycles. The maximum absolute atomic E-state index is 12.7. The lowest BCUT2D eigenvalue weighted by atomic mass is 9.96. The fraction of sp³-hybridized carbons (Fsp3) is 0.381. The van der Waals surface area contributed by atoms with Crippen molar-refractivity contribution in [2.45, 2.75) is 45.4 Å². The minimum absolute atomic E-state index is 0.285. The number of anilines is 2. The number of carbonyl (C=O) groups excluding carboxylic acids is 1. The largest absolute Gasteiger partial charge is 0.462 e. The van der Waals surface area contributed by atoms with Gasteiger partial charge in [0.15, 0.2) is 10.2 Å². The number of hydrogen-bond acceptors (Lipinski definition) is 6. The topological polar surface area (TPSA) is 63.2 Å². The summed E-state index contributed by atoms with van der Waals surface area (Å²) >= 11 is 14.8. The van der Waals surface area contributed by atoms with E-state index in [1.54, 1.807) is 11.3 Å². The Morgan fingerprint density at radius 1 is 1.20 bits per heavy atom. The van der Waals surface area contributed by atoms with E-state index in [1.807, 2.05) is 25.1 Å². The SMILES string of the molecule is CCOC(=O)c1c(NC(=S)Nc2nc3c(Cl)cccc3s2)sc2c1CCCCCC2. The van der Waals surface area contributed by atoms with Crippen LogP contribution in [0.25, 0.3) is 10.2 Å². The van der Waals surface area contributed by atoms with Crippen molar-refractivity contribution in [2.24, 2.45) is 0 Å². The molecule has 1 aliphatic carbocycles. The molecular weight excluding hydrogens is 458 g/mol. The van der Waals surface area contributed by atoms with Crippen LogP contribution < -0.4 is 10.6 Å². The highest BCUT2D eigenvalue weighted by Gasteiger charge is 2.26. The molecule has 0 spiro atoms. The summed E-state index contributed by atoms with van der Waals surface area (Å²) in [4.78, 5) is 18.5. The van der Waals surface area contributed by atoms with Crippen LogP contribution in [0.15, 0.2) is 18.2 Å². The van der Waals surface area contributed by atoms with E-state index in [9.17, 15) is 4.79 Å². The minimum atomic E-state index is -0.285. The highest BCUT2D eigenvalue weighted by Crippen LogP contribution is 2.38. The summed E-state index contributed by atoms with van der Waals surface area (Å²) in [6, 6.07) is 5.69. The Morgan fingerprint density at radius 2 is 2.00 bits per heavy atom. The molecule has 0 amide bonds. The summed E-state index contributed by atoms with van der Waals surface area (Å²) < 4.78 is 6.34. The van der Waals surface area contributed by atoms with Crippen LogP contribution in [-0.4, -0.2) is 22.7 Å². The van der Waals surface area contributed by atoms with Crippen molar-refractivity contribution in [3.05, 3.63) is 39.2 Å². The quantitative estimate of drug-likeness (QED) is 0.322. The second-order valence-electron chi connectivity index (χ2n) is 7.03. The van der Waals surface area contributed by atoms with Gasteiger partial charge in [0.1, 0.15) is 10.5 Å². The van der Waals surface area contributed by atoms with E-state index >= 15 is 0 Å². The Morgan fingerprint density at radius 3 is 2.77 bits per heavy atom. The van der Waals surface area contributed by atoms with E-state index in [2.05, 4.69) is 15.6 Å². The number of thiocarbonyl (C=S) groups is 1. The molecule has 9 heteroatoms. The van der Waals surface area contributed by atoms with Crippen molar-refractivity contribution in [3.63, 3.8) is 0 Å². The molecule has 1 aromatic carbocycles. The zero-order valence-corrected chi connectivity index (χ0v) is 19.8. The van der Waals surface area contributed by atoms with Crippen LogP contribution in [0.4, 0.5) is 10.1 Å². The highest BCUT2D eigenvalue weighted by atomic mass is 35.5. The van der Waals surface area contributed by atoms with Gasteiger partial charge in [0.2, 0.25) is 0 Å². The molecule has 4 rings (SSSR count). The zero-order chi connectivity index (χ0) is 21.1. The van der Waals surface area contributed by atoms with Gasteiger partial charge >= 0.3 is 5.97 Å². The molecule has 0 aliphatic heterocycles. The molecule has 1 aliphatic rings. The summed E-state index contributed by atoms with van der Waals surface area (Å²) in [6.45, 7) is 2.17. The molecule has 2 N–H and O–H groups in total. The molecule has 30 heavy (non-hydrogen) atoms. The number of nitrogens with zero attached hydrogens (tertiary/aromatic N) is 1. The number of rotatable bonds is 4. The highest BCUT2D eigenvalue weighted by molar-refractivity contribution is 7.80. The first-order valence-electron chi connectivity index (χ1n) is 10.0. The van der Waals surface area contributed by atoms with Crippen LogP contribution in [0.3, 0.4) is 0 Å². The Bertz CT molecular complexity index is 1090. The second-order valence-corrected chi connectivity index (χ2v) is 9.98. The number of thiophene rings is 1. The van der Waals surface area contributed by atoms with Crippen LogP contribution >= 0.6 is 46.5 Å². The third kappa shape index (κ3) is 4.61. The Kier molecular flexibility index (Phi) is 6.87. The number of aromatic nitrogens is 1. The van der Waals surface area contributed by atoms with E-state index in [1.165, 1.54) is 29.1 Å². The van der Waals surface area contributed by atoms with Crippen LogP contribution in [-0.2, 0) is 17.6 Å². The molecule has 0 radical (unpaired) electrons. The summed E-state index contributed by atoms with van der Waals surface area (Å²) in [5.41, 5.74) is 2.51. The molecule has 3 aromatic rings. The number of benzene rings is 1. The van der Waals surface area contributed by atoms with Gasteiger partial charge in [0, 0.05) is 4.88 Å². The smallest absolute Gasteiger partial charge is 0.341 e. The predicted octanol–water partition coefficient (Wildman–Crippen LogP) is 6.66. The first-order valence-corrected chi connectivity index (χ1v) is 12.4. The average Bonchev–Trinajstić information content (AvgIpc) is 3.23. The van der Waals surface area contributed by atoms with E-state index in [4.69, 9.17) is 28.6 Å². The second kappa shape index (κ2) is 9.60. The molecule has 0 saturated heterocycles. The van der Waals surface area contributed by atoms with E-state index < -0.39 is 0 Å². The van der Waals surface area contributed by atoms with E-state index in [0.29, 0.717) is 27.4 Å². The van der Waals surface area contributed by atoms with Gasteiger partial charge in [-0.25, -0.2) is 9.78 Å². The molecular formula is C21H22ClN3O2S3. The summed E-state index contributed by atoms with van der Waals surface area (Å²) in [6.07, 6.45) is 6.55. The van der Waals surface area contributed by atoms with Crippen molar-refractivity contribution in [1.29, 1.82) is 0 Å². The normalized spacial score (nSPS) is 13.9. The van der Waals surface area contributed by atoms with Gasteiger partial charge < -0.3 is 15.4 Å². The number of halogens is 1. The number of hydrogen-bond donors (Lipinski definition) is 2. The monoisotopic (exact) mass is 479 g/mol. The van der Waals surface area contributed by atoms with Gasteiger partial charge in [-0.15, -0.1) is 11.3 Å². The predicted molar refractivity (Wildman–Crippen MR) is 131 cm³/mol. The van der Waals surface area contributed by atoms with Gasteiger partial charge in [-0.2, -0.15) is 0 Å². The Hall–Kier alpha value is -1.74. The molecule has 0 atom stereocenters. The third-order valence-electron chi connectivity index (χ3n) is 4.97. The lowest BCUT2D eigenvalue weighted by Crippen LogP contribution is -2.20. The third-order valence-corrected chi connectivity index (χ3v) is 7.62. The molecule has 158 valence electrons. The first kappa shape index (κ1) is 21.5. The van der Waals surface area contributed by atoms with Crippen LogP contribution in [0.2, 0.25) is 5.02 Å². The number of fused-ring (bicyclic) bond motifs is 2. The molecule has 0 fully saturated rings. The number of aryl methyl sites for hydroxylation is 1. The minimum Gasteiger partial charge on any atom is -0.462 e. The molecule has 0 bridgehead atoms. The number of para-hydroxylation sites is 1. The summed E-state index contributed by atoms with van der Waals surface area (Å²) in [7, 11) is 0. The van der Waals surface area contributed by atoms with Crippen molar-refractivity contribution in [1.82, 2.24) is 4.98 Å². The van der Waals surface area contributed by atoms with Crippen LogP contribution in [0.1, 0.15) is 53.4 Å². The number of thiazole rings is 1. The van der Waals surface area contributed by atoms with Gasteiger partial charge in [0.25, 0.3) is 0 Å². The van der Waals surface area contributed by atoms with Crippen LogP contribution in [0, 0.1) is 0 Å². The van der Waals surface area contributed by atoms with Gasteiger partial charge in [0.05, 0.1) is 21.9 Å². The Labute approximate surface area is 193 Å². The summed E-state index contributed by atoms with van der Waals surface area (Å²) in [5, 5.41) is 8.77. The standard InChI is InChI=1S/C21H22ClN3O2S3/c1-2-27-19(26)16-12-8-5-3-4-6-10-14(12)29-18(16)24-20(28)25-21-23-17-13(22)9-7-11-15(17)30-21/h7,9,11H,2-6,8,10H2,1H3,(H2,23,24,25,28). The average molecular weight is 480 g/mol. The van der Waals surface area contributed by atoms with Crippen molar-refractivity contribution in [2.75, 3.05) is 17.2 Å². The van der Waals surface area contributed by atoms with Gasteiger partial charge in [-0.3, -0.25) is 0 Å². The van der Waals surface area contributed by atoms with Crippen molar-refractivity contribution < 1.29 is 9.53 Å². The molecule has 5 nitrogen and oxygen atoms in total. The van der Waals surface area contributed by atoms with E-state index in [0.717, 1.165) is 46.5 Å². The zero-order valence-electron chi connectivity index (χ0n) is 16.5. The maximum Gasteiger partial charge on any atom is 0.341 e. The van der Waals surface area contributed by atoms with E-state index in [-0.39, 0.29) is 5.97 Å². The fourth-order valence-electron chi connectivity index (χ4n) is 3.63. The molecule has 2 aromatic heterocycles. The van der Waals surface area contributed by atoms with Crippen molar-refractivity contribution >= 4 is 77.9 Å². The van der Waals surface area contributed by atoms with Crippen molar-refractivity contribution in [3.8, 4) is 0 Å². The number of ether oxygens (including phenoxy) is 1. The number of esters is 1. The number of carbonyl (C=O) groups is 1. The maximum atomic E-state index is 12.7. The Balaban J connectivity index is 1.59. The van der Waals surface area contributed by atoms with Gasteiger partial charge in [-0.05, 0) is 62.5 Å². The lowest BCUT2D eigenvalue weighted by molar-refractivity contribution is 0.0526. The molecule has 0 unspecified atom stereocenters. The summed E-state index contributed by atoms with van der Waals surface area (Å²) in [5.74, 6) is -0.285.